The van der Waals surface area contributed by atoms with E-state index in [9.17, 15) is 0 Å². The van der Waals surface area contributed by atoms with Crippen LogP contribution in [0.15, 0.2) is 12.3 Å². The maximum atomic E-state index is 5.59. The van der Waals surface area contributed by atoms with Crippen LogP contribution in [0.25, 0.3) is 0 Å². The first kappa shape index (κ1) is 10.9. The highest BCUT2D eigenvalue weighted by molar-refractivity contribution is 5.25. The highest BCUT2D eigenvalue weighted by Crippen LogP contribution is 2.33. The van der Waals surface area contributed by atoms with E-state index in [-0.39, 0.29) is 11.5 Å². The second-order valence-corrected chi connectivity index (χ2v) is 4.32. The summed E-state index contributed by atoms with van der Waals surface area (Å²) in [5, 5.41) is 0. The van der Waals surface area contributed by atoms with Gasteiger partial charge < -0.3 is 10.5 Å². The minimum Gasteiger partial charge on any atom is -0.384 e. The molecule has 1 unspecified atom stereocenters. The van der Waals surface area contributed by atoms with Crippen molar-refractivity contribution in [3.63, 3.8) is 0 Å². The minimum absolute atomic E-state index is 0.0391. The quantitative estimate of drug-likeness (QED) is 0.781. The van der Waals surface area contributed by atoms with Gasteiger partial charge in [-0.25, -0.2) is 9.97 Å². The second kappa shape index (κ2) is 3.92. The maximum Gasteiger partial charge on any atom is 0.159 e. The zero-order chi connectivity index (χ0) is 10.8. The fourth-order valence-corrected chi connectivity index (χ4v) is 1.36. The summed E-state index contributed by atoms with van der Waals surface area (Å²) >= 11 is 0. The van der Waals surface area contributed by atoms with Crippen LogP contribution in [0.4, 0.5) is 5.82 Å². The molecule has 0 fully saturated rings. The average molecular weight is 195 g/mol. The van der Waals surface area contributed by atoms with Crippen molar-refractivity contribution in [3.05, 3.63) is 18.1 Å². The fraction of sp³-hybridized carbons (Fsp3) is 0.600. The predicted octanol–water partition coefficient (Wildman–Crippen LogP) is 1.79. The number of methoxy groups -OCH3 is 1. The molecule has 4 heteroatoms. The normalized spacial score (nSPS) is 14.0. The lowest BCUT2D eigenvalue weighted by Crippen LogP contribution is -2.22. The summed E-state index contributed by atoms with van der Waals surface area (Å²) in [6.45, 7) is 6.23. The molecule has 1 atom stereocenters. The van der Waals surface area contributed by atoms with Gasteiger partial charge in [0, 0.05) is 13.3 Å². The van der Waals surface area contributed by atoms with E-state index >= 15 is 0 Å². The number of hydrogen-bond donors (Lipinski definition) is 1. The summed E-state index contributed by atoms with van der Waals surface area (Å²) in [6, 6.07) is 1.67. The smallest absolute Gasteiger partial charge is 0.159 e. The van der Waals surface area contributed by atoms with Crippen LogP contribution in [-0.2, 0) is 4.74 Å². The third-order valence-corrected chi connectivity index (χ3v) is 1.95. The van der Waals surface area contributed by atoms with Crippen LogP contribution in [0.2, 0.25) is 0 Å². The van der Waals surface area contributed by atoms with Crippen molar-refractivity contribution >= 4 is 5.82 Å². The molecule has 0 aliphatic heterocycles. The number of nitrogens with zero attached hydrogens (tertiary/aromatic N) is 2. The Morgan fingerprint density at radius 1 is 1.43 bits per heavy atom. The molecule has 0 aromatic carbocycles. The van der Waals surface area contributed by atoms with Gasteiger partial charge in [-0.1, -0.05) is 20.8 Å². The van der Waals surface area contributed by atoms with Crippen LogP contribution in [0.3, 0.4) is 0 Å². The minimum atomic E-state index is -0.133. The Morgan fingerprint density at radius 3 is 2.50 bits per heavy atom. The van der Waals surface area contributed by atoms with E-state index in [2.05, 4.69) is 30.7 Å². The summed E-state index contributed by atoms with van der Waals surface area (Å²) in [6.07, 6.45) is 1.51. The van der Waals surface area contributed by atoms with Crippen molar-refractivity contribution in [1.82, 2.24) is 9.97 Å². The molecule has 0 saturated heterocycles. The third kappa shape index (κ3) is 2.42. The molecule has 0 saturated carbocycles. The van der Waals surface area contributed by atoms with Gasteiger partial charge in [-0.15, -0.1) is 0 Å². The topological polar surface area (TPSA) is 61.0 Å². The van der Waals surface area contributed by atoms with Crippen molar-refractivity contribution in [1.29, 1.82) is 0 Å². The monoisotopic (exact) mass is 195 g/mol. The number of hydrogen-bond acceptors (Lipinski definition) is 4. The lowest BCUT2D eigenvalue weighted by molar-refractivity contribution is 0.00876. The highest BCUT2D eigenvalue weighted by Gasteiger charge is 2.28. The van der Waals surface area contributed by atoms with E-state index in [0.29, 0.717) is 11.6 Å². The molecule has 1 rings (SSSR count). The van der Waals surface area contributed by atoms with E-state index in [1.54, 1.807) is 19.4 Å². The van der Waals surface area contributed by atoms with Crippen molar-refractivity contribution in [2.75, 3.05) is 12.8 Å². The molecule has 2 N–H and O–H groups in total. The van der Waals surface area contributed by atoms with Gasteiger partial charge in [0.1, 0.15) is 11.9 Å². The second-order valence-electron chi connectivity index (χ2n) is 4.32. The molecule has 0 spiro atoms. The van der Waals surface area contributed by atoms with Gasteiger partial charge in [-0.05, 0) is 11.5 Å². The van der Waals surface area contributed by atoms with Crippen molar-refractivity contribution in [2.24, 2.45) is 5.41 Å². The molecule has 1 heterocycles. The zero-order valence-electron chi connectivity index (χ0n) is 9.11. The number of nitrogens with two attached hydrogens (primary N) is 1. The third-order valence-electron chi connectivity index (χ3n) is 1.95. The molecule has 14 heavy (non-hydrogen) atoms. The first-order valence-electron chi connectivity index (χ1n) is 4.56. The summed E-state index contributed by atoms with van der Waals surface area (Å²) < 4.78 is 5.38. The first-order chi connectivity index (χ1) is 6.45. The maximum absolute atomic E-state index is 5.59. The summed E-state index contributed by atoms with van der Waals surface area (Å²) in [5.41, 5.74) is 5.55. The van der Waals surface area contributed by atoms with Crippen LogP contribution in [-0.4, -0.2) is 17.1 Å². The molecule has 4 nitrogen and oxygen atoms in total. The van der Waals surface area contributed by atoms with Gasteiger partial charge in [0.05, 0.1) is 0 Å². The van der Waals surface area contributed by atoms with Crippen molar-refractivity contribution < 1.29 is 4.74 Å². The molecule has 1 aromatic heterocycles. The molecule has 0 bridgehead atoms. The summed E-state index contributed by atoms with van der Waals surface area (Å²) in [4.78, 5) is 8.31. The molecular weight excluding hydrogens is 178 g/mol. The average Bonchev–Trinajstić information content (AvgIpc) is 2.02. The van der Waals surface area contributed by atoms with Gasteiger partial charge in [0.2, 0.25) is 0 Å². The van der Waals surface area contributed by atoms with Crippen LogP contribution >= 0.6 is 0 Å². The van der Waals surface area contributed by atoms with Crippen molar-refractivity contribution in [2.45, 2.75) is 26.9 Å². The Kier molecular flexibility index (Phi) is 3.06. The Bertz CT molecular complexity index is 306. The molecule has 1 aromatic rings. The first-order valence-corrected chi connectivity index (χ1v) is 4.56. The lowest BCUT2D eigenvalue weighted by Gasteiger charge is -2.27. The molecule has 0 amide bonds. The number of rotatable bonds is 2. The van der Waals surface area contributed by atoms with Crippen LogP contribution in [0, 0.1) is 5.41 Å². The number of nitrogen functional groups attached to an aromatic ring is 1. The Labute approximate surface area is 84.5 Å². The molecule has 78 valence electrons. The van der Waals surface area contributed by atoms with Gasteiger partial charge in [0.25, 0.3) is 0 Å². The van der Waals surface area contributed by atoms with Gasteiger partial charge in [-0.3, -0.25) is 0 Å². The Morgan fingerprint density at radius 2 is 2.07 bits per heavy atom. The zero-order valence-corrected chi connectivity index (χ0v) is 9.11. The summed E-state index contributed by atoms with van der Waals surface area (Å²) in [7, 11) is 1.66. The molecule has 0 radical (unpaired) electrons. The van der Waals surface area contributed by atoms with E-state index in [1.165, 1.54) is 0 Å². The number of aromatic nitrogens is 2. The van der Waals surface area contributed by atoms with Gasteiger partial charge in [0.15, 0.2) is 5.82 Å². The summed E-state index contributed by atoms with van der Waals surface area (Å²) in [5.74, 6) is 1.11. The standard InChI is InChI=1S/C10H17N3O/c1-10(2,3)8(14-4)9-12-6-5-7(11)13-9/h5-6,8H,1-4H3,(H2,11,12,13). The predicted molar refractivity (Wildman–Crippen MR) is 55.6 cm³/mol. The highest BCUT2D eigenvalue weighted by atomic mass is 16.5. The van der Waals surface area contributed by atoms with E-state index in [0.717, 1.165) is 0 Å². The molecular formula is C10H17N3O. The van der Waals surface area contributed by atoms with Gasteiger partial charge in [-0.2, -0.15) is 0 Å². The SMILES string of the molecule is COC(c1nccc(N)n1)C(C)(C)C. The fourth-order valence-electron chi connectivity index (χ4n) is 1.36. The van der Waals surface area contributed by atoms with Gasteiger partial charge >= 0.3 is 0 Å². The Hall–Kier alpha value is -1.16. The van der Waals surface area contributed by atoms with Crippen LogP contribution in [0.1, 0.15) is 32.7 Å². The number of anilines is 1. The molecule has 0 aliphatic rings. The van der Waals surface area contributed by atoms with Crippen molar-refractivity contribution in [3.8, 4) is 0 Å². The lowest BCUT2D eigenvalue weighted by atomic mass is 9.88. The van der Waals surface area contributed by atoms with Crippen LogP contribution < -0.4 is 5.73 Å². The molecule has 0 aliphatic carbocycles. The van der Waals surface area contributed by atoms with E-state index in [1.807, 2.05) is 0 Å². The largest absolute Gasteiger partial charge is 0.384 e. The van der Waals surface area contributed by atoms with E-state index < -0.39 is 0 Å². The Balaban J connectivity index is 3.01. The van der Waals surface area contributed by atoms with Crippen LogP contribution in [0.5, 0.6) is 0 Å². The van der Waals surface area contributed by atoms with E-state index in [4.69, 9.17) is 10.5 Å². The number of ether oxygens (including phenoxy) is 1.